The summed E-state index contributed by atoms with van der Waals surface area (Å²) in [6.45, 7) is 5.34. The first-order chi connectivity index (χ1) is 8.00. The number of carbonyl (C=O) groups is 2. The Morgan fingerprint density at radius 3 is 2.47 bits per heavy atom. The molecule has 1 saturated carbocycles. The summed E-state index contributed by atoms with van der Waals surface area (Å²) in [5.41, 5.74) is 5.83. The molecule has 17 heavy (non-hydrogen) atoms. The third-order valence-electron chi connectivity index (χ3n) is 3.56. The number of piperazine rings is 1. The second-order valence-corrected chi connectivity index (χ2v) is 5.35. The van der Waals surface area contributed by atoms with E-state index in [1.165, 1.54) is 0 Å². The van der Waals surface area contributed by atoms with E-state index in [4.69, 9.17) is 5.73 Å². The lowest BCUT2D eigenvalue weighted by molar-refractivity contribution is -0.146. The molecule has 0 unspecified atom stereocenters. The van der Waals surface area contributed by atoms with Crippen molar-refractivity contribution in [2.45, 2.75) is 38.8 Å². The lowest BCUT2D eigenvalue weighted by Gasteiger charge is -2.36. The van der Waals surface area contributed by atoms with Crippen LogP contribution in [-0.4, -0.2) is 53.3 Å². The average Bonchev–Trinajstić information content (AvgIpc) is 3.10. The van der Waals surface area contributed by atoms with Gasteiger partial charge in [-0.1, -0.05) is 13.8 Å². The van der Waals surface area contributed by atoms with Crippen molar-refractivity contribution >= 4 is 11.8 Å². The van der Waals surface area contributed by atoms with Gasteiger partial charge >= 0.3 is 0 Å². The van der Waals surface area contributed by atoms with Crippen LogP contribution >= 0.6 is 0 Å². The molecule has 5 heteroatoms. The predicted octanol–water partition coefficient (Wildman–Crippen LogP) is -0.197. The van der Waals surface area contributed by atoms with Crippen LogP contribution < -0.4 is 5.73 Å². The van der Waals surface area contributed by atoms with E-state index in [9.17, 15) is 9.59 Å². The minimum atomic E-state index is -0.490. The summed E-state index contributed by atoms with van der Waals surface area (Å²) in [5.74, 6) is 0.0888. The maximum atomic E-state index is 12.0. The first kappa shape index (κ1) is 12.4. The van der Waals surface area contributed by atoms with Crippen molar-refractivity contribution in [3.63, 3.8) is 0 Å². The molecule has 1 atom stereocenters. The Bertz CT molecular complexity index is 326. The minimum absolute atomic E-state index is 0.0723. The van der Waals surface area contributed by atoms with Crippen LogP contribution in [0.3, 0.4) is 0 Å². The van der Waals surface area contributed by atoms with Crippen LogP contribution in [0.4, 0.5) is 0 Å². The molecule has 1 saturated heterocycles. The van der Waals surface area contributed by atoms with Crippen molar-refractivity contribution in [1.29, 1.82) is 0 Å². The molecule has 1 heterocycles. The Balaban J connectivity index is 1.92. The van der Waals surface area contributed by atoms with Crippen LogP contribution in [-0.2, 0) is 9.59 Å². The van der Waals surface area contributed by atoms with Gasteiger partial charge in [0.1, 0.15) is 0 Å². The lowest BCUT2D eigenvalue weighted by Crippen LogP contribution is -2.57. The van der Waals surface area contributed by atoms with Gasteiger partial charge < -0.3 is 15.5 Å². The highest BCUT2D eigenvalue weighted by atomic mass is 16.2. The molecule has 0 bridgehead atoms. The SMILES string of the molecule is CC(C)[C@H](N)C(=O)N1CCN(C2CC2)C(=O)C1. The number of hydrogen-bond acceptors (Lipinski definition) is 3. The quantitative estimate of drug-likeness (QED) is 0.742. The second-order valence-electron chi connectivity index (χ2n) is 5.35. The molecule has 2 amide bonds. The predicted molar refractivity (Wildman–Crippen MR) is 64.1 cm³/mol. The number of nitrogens with zero attached hydrogens (tertiary/aromatic N) is 2. The van der Waals surface area contributed by atoms with Crippen molar-refractivity contribution in [2.75, 3.05) is 19.6 Å². The zero-order valence-electron chi connectivity index (χ0n) is 10.6. The molecular formula is C12H21N3O2. The Labute approximate surface area is 102 Å². The number of nitrogens with two attached hydrogens (primary N) is 1. The van der Waals surface area contributed by atoms with Gasteiger partial charge in [0.05, 0.1) is 12.6 Å². The van der Waals surface area contributed by atoms with E-state index in [1.54, 1.807) is 4.90 Å². The van der Waals surface area contributed by atoms with Gasteiger partial charge in [0.15, 0.2) is 0 Å². The Hall–Kier alpha value is -1.10. The monoisotopic (exact) mass is 239 g/mol. The first-order valence-electron chi connectivity index (χ1n) is 6.34. The average molecular weight is 239 g/mol. The summed E-state index contributed by atoms with van der Waals surface area (Å²) in [6, 6.07) is -0.0474. The van der Waals surface area contributed by atoms with Gasteiger partial charge in [0.2, 0.25) is 11.8 Å². The molecule has 1 aliphatic carbocycles. The van der Waals surface area contributed by atoms with Gasteiger partial charge in [-0.2, -0.15) is 0 Å². The standard InChI is InChI=1S/C12H21N3O2/c1-8(2)11(13)12(17)14-5-6-15(9-3-4-9)10(16)7-14/h8-9,11H,3-7,13H2,1-2H3/t11-/m0/s1. The normalized spacial score (nSPS) is 23.2. The fraction of sp³-hybridized carbons (Fsp3) is 0.833. The summed E-state index contributed by atoms with van der Waals surface area (Å²) in [4.78, 5) is 27.4. The van der Waals surface area contributed by atoms with Gasteiger partial charge in [-0.15, -0.1) is 0 Å². The van der Waals surface area contributed by atoms with Crippen LogP contribution in [0.1, 0.15) is 26.7 Å². The Morgan fingerprint density at radius 1 is 1.35 bits per heavy atom. The molecule has 5 nitrogen and oxygen atoms in total. The fourth-order valence-corrected chi connectivity index (χ4v) is 2.14. The van der Waals surface area contributed by atoms with Crippen LogP contribution in [0.25, 0.3) is 0 Å². The topological polar surface area (TPSA) is 66.6 Å². The Kier molecular flexibility index (Phi) is 3.38. The maximum absolute atomic E-state index is 12.0. The fourth-order valence-electron chi connectivity index (χ4n) is 2.14. The lowest BCUT2D eigenvalue weighted by atomic mass is 10.0. The smallest absolute Gasteiger partial charge is 0.242 e. The first-order valence-corrected chi connectivity index (χ1v) is 6.34. The molecule has 0 spiro atoms. The van der Waals surface area contributed by atoms with E-state index in [0.29, 0.717) is 19.1 Å². The molecule has 0 aromatic heterocycles. The van der Waals surface area contributed by atoms with Crippen LogP contribution in [0, 0.1) is 5.92 Å². The molecule has 2 rings (SSSR count). The largest absolute Gasteiger partial charge is 0.336 e. The van der Waals surface area contributed by atoms with E-state index in [1.807, 2.05) is 18.7 Å². The van der Waals surface area contributed by atoms with E-state index in [0.717, 1.165) is 12.8 Å². The molecular weight excluding hydrogens is 218 g/mol. The van der Waals surface area contributed by atoms with E-state index in [-0.39, 0.29) is 24.3 Å². The van der Waals surface area contributed by atoms with Gasteiger partial charge in [-0.05, 0) is 18.8 Å². The van der Waals surface area contributed by atoms with Crippen molar-refractivity contribution < 1.29 is 9.59 Å². The van der Waals surface area contributed by atoms with Crippen LogP contribution in [0.15, 0.2) is 0 Å². The highest BCUT2D eigenvalue weighted by Crippen LogP contribution is 2.28. The summed E-state index contributed by atoms with van der Waals surface area (Å²) in [6.07, 6.45) is 2.23. The van der Waals surface area contributed by atoms with Crippen molar-refractivity contribution in [3.8, 4) is 0 Å². The third-order valence-corrected chi connectivity index (χ3v) is 3.56. The van der Waals surface area contributed by atoms with Gasteiger partial charge in [0.25, 0.3) is 0 Å². The Morgan fingerprint density at radius 2 is 2.00 bits per heavy atom. The maximum Gasteiger partial charge on any atom is 0.242 e. The molecule has 0 radical (unpaired) electrons. The zero-order valence-corrected chi connectivity index (χ0v) is 10.6. The number of amides is 2. The van der Waals surface area contributed by atoms with E-state index in [2.05, 4.69) is 0 Å². The molecule has 0 aromatic carbocycles. The number of hydrogen-bond donors (Lipinski definition) is 1. The van der Waals surface area contributed by atoms with Gasteiger partial charge in [0, 0.05) is 19.1 Å². The summed E-state index contributed by atoms with van der Waals surface area (Å²) in [5, 5.41) is 0. The zero-order chi connectivity index (χ0) is 12.6. The molecule has 96 valence electrons. The summed E-state index contributed by atoms with van der Waals surface area (Å²) >= 11 is 0. The summed E-state index contributed by atoms with van der Waals surface area (Å²) < 4.78 is 0. The molecule has 2 fully saturated rings. The van der Waals surface area contributed by atoms with Crippen LogP contribution in [0.5, 0.6) is 0 Å². The molecule has 0 aromatic rings. The third kappa shape index (κ3) is 2.60. The number of carbonyl (C=O) groups excluding carboxylic acids is 2. The van der Waals surface area contributed by atoms with Gasteiger partial charge in [-0.25, -0.2) is 0 Å². The minimum Gasteiger partial charge on any atom is -0.336 e. The van der Waals surface area contributed by atoms with Crippen molar-refractivity contribution in [3.05, 3.63) is 0 Å². The molecule has 2 N–H and O–H groups in total. The highest BCUT2D eigenvalue weighted by molar-refractivity contribution is 5.88. The van der Waals surface area contributed by atoms with Crippen LogP contribution in [0.2, 0.25) is 0 Å². The van der Waals surface area contributed by atoms with Crippen molar-refractivity contribution in [2.24, 2.45) is 11.7 Å². The molecule has 1 aliphatic heterocycles. The highest BCUT2D eigenvalue weighted by Gasteiger charge is 2.37. The summed E-state index contributed by atoms with van der Waals surface area (Å²) in [7, 11) is 0. The second kappa shape index (κ2) is 4.64. The van der Waals surface area contributed by atoms with E-state index < -0.39 is 6.04 Å². The van der Waals surface area contributed by atoms with Gasteiger partial charge in [-0.3, -0.25) is 9.59 Å². The molecule has 2 aliphatic rings. The van der Waals surface area contributed by atoms with Crippen molar-refractivity contribution in [1.82, 2.24) is 9.80 Å². The number of rotatable bonds is 3. The van der Waals surface area contributed by atoms with E-state index >= 15 is 0 Å².